The molecule has 2 saturated heterocycles. The number of hydrogen-bond donors (Lipinski definition) is 1. The van der Waals surface area contributed by atoms with Crippen LogP contribution in [0.2, 0.25) is 0 Å². The fourth-order valence-electron chi connectivity index (χ4n) is 4.78. The molecule has 1 N–H and O–H groups in total. The quantitative estimate of drug-likeness (QED) is 0.695. The Morgan fingerprint density at radius 3 is 2.35 bits per heavy atom. The van der Waals surface area contributed by atoms with Crippen LogP contribution in [-0.4, -0.2) is 43.9 Å². The Bertz CT molecular complexity index is 1080. The Morgan fingerprint density at radius 2 is 1.71 bits per heavy atom. The summed E-state index contributed by atoms with van der Waals surface area (Å²) in [6, 6.07) is 11.1. The Morgan fingerprint density at radius 1 is 1.03 bits per heavy atom. The maximum Gasteiger partial charge on any atom is 0.254 e. The van der Waals surface area contributed by atoms with E-state index in [1.165, 1.54) is 6.92 Å². The molecule has 4 heterocycles. The lowest BCUT2D eigenvalue weighted by Crippen LogP contribution is -2.46. The molecular weight excluding hydrogens is 394 g/mol. The summed E-state index contributed by atoms with van der Waals surface area (Å²) >= 11 is 0. The fraction of sp³-hybridized carbons (Fsp3) is 0.348. The first-order valence-electron chi connectivity index (χ1n) is 10.5. The van der Waals surface area contributed by atoms with Gasteiger partial charge in [0, 0.05) is 54.1 Å². The number of nitrogens with one attached hydrogen (secondary N) is 1. The predicted octanol–water partition coefficient (Wildman–Crippen LogP) is 3.64. The first-order valence-corrected chi connectivity index (χ1v) is 10.5. The summed E-state index contributed by atoms with van der Waals surface area (Å²) in [5.74, 6) is 1.29. The topological polar surface area (TPSA) is 101 Å². The number of carbonyl (C=O) groups is 2. The van der Waals surface area contributed by atoms with Crippen molar-refractivity contribution in [3.8, 4) is 11.4 Å². The number of benzene rings is 1. The number of nitrogens with zero attached hydrogens (tertiary/aromatic N) is 4. The zero-order chi connectivity index (χ0) is 21.4. The van der Waals surface area contributed by atoms with Gasteiger partial charge in [0.1, 0.15) is 0 Å². The van der Waals surface area contributed by atoms with Gasteiger partial charge in [0.25, 0.3) is 5.91 Å². The Balaban J connectivity index is 1.29. The largest absolute Gasteiger partial charge is 0.339 e. The molecule has 2 aliphatic rings. The number of fused-ring (bicyclic) bond motifs is 2. The minimum atomic E-state index is -0.132. The van der Waals surface area contributed by atoms with Crippen molar-refractivity contribution in [2.75, 3.05) is 5.32 Å². The van der Waals surface area contributed by atoms with E-state index in [2.05, 4.69) is 20.4 Å². The average Bonchev–Trinajstić information content (AvgIpc) is 3.37. The monoisotopic (exact) mass is 417 g/mol. The van der Waals surface area contributed by atoms with Crippen molar-refractivity contribution in [1.29, 1.82) is 0 Å². The number of amides is 2. The van der Waals surface area contributed by atoms with Gasteiger partial charge < -0.3 is 14.7 Å². The van der Waals surface area contributed by atoms with Gasteiger partial charge >= 0.3 is 0 Å². The molecule has 8 nitrogen and oxygen atoms in total. The molecule has 2 fully saturated rings. The Hall–Kier alpha value is -3.55. The summed E-state index contributed by atoms with van der Waals surface area (Å²) in [7, 11) is 0. The van der Waals surface area contributed by atoms with Crippen molar-refractivity contribution in [3.05, 3.63) is 60.2 Å². The molecule has 2 aliphatic heterocycles. The van der Waals surface area contributed by atoms with Gasteiger partial charge in [-0.15, -0.1) is 0 Å². The van der Waals surface area contributed by atoms with Gasteiger partial charge in [0.2, 0.25) is 17.6 Å². The van der Waals surface area contributed by atoms with Crippen molar-refractivity contribution in [2.24, 2.45) is 0 Å². The van der Waals surface area contributed by atoms with Crippen LogP contribution in [-0.2, 0) is 4.79 Å². The molecule has 2 aromatic heterocycles. The molecular formula is C23H23N5O3. The number of hydrogen-bond acceptors (Lipinski definition) is 6. The first-order chi connectivity index (χ1) is 15.1. The molecule has 1 aromatic carbocycles. The van der Waals surface area contributed by atoms with E-state index in [0.29, 0.717) is 23.0 Å². The van der Waals surface area contributed by atoms with Crippen LogP contribution < -0.4 is 5.32 Å². The molecule has 0 saturated carbocycles. The SMILES string of the molecule is CC(=O)Nc1ccc(C(=O)N2[C@@H]3CC[C@H]2CC(c2nc(-c4ccncc4)no2)C3)cc1. The third kappa shape index (κ3) is 3.81. The molecule has 3 atom stereocenters. The number of piperidine rings is 1. The normalized spacial score (nSPS) is 22.4. The van der Waals surface area contributed by atoms with Gasteiger partial charge in [0.15, 0.2) is 0 Å². The highest BCUT2D eigenvalue weighted by Gasteiger charge is 2.45. The fourth-order valence-corrected chi connectivity index (χ4v) is 4.78. The molecule has 8 heteroatoms. The van der Waals surface area contributed by atoms with E-state index in [1.807, 2.05) is 17.0 Å². The lowest BCUT2D eigenvalue weighted by atomic mass is 9.90. The number of anilines is 1. The second-order valence-electron chi connectivity index (χ2n) is 8.22. The van der Waals surface area contributed by atoms with Crippen LogP contribution in [0.3, 0.4) is 0 Å². The maximum atomic E-state index is 13.2. The van der Waals surface area contributed by atoms with Crippen LogP contribution in [0, 0.1) is 0 Å². The van der Waals surface area contributed by atoms with Crippen molar-refractivity contribution >= 4 is 17.5 Å². The average molecular weight is 417 g/mol. The van der Waals surface area contributed by atoms with E-state index in [0.717, 1.165) is 31.2 Å². The second kappa shape index (κ2) is 7.94. The molecule has 0 spiro atoms. The van der Waals surface area contributed by atoms with Crippen LogP contribution in [0.15, 0.2) is 53.3 Å². The van der Waals surface area contributed by atoms with Crippen molar-refractivity contribution in [2.45, 2.75) is 50.6 Å². The van der Waals surface area contributed by atoms with Gasteiger partial charge in [-0.25, -0.2) is 0 Å². The molecule has 31 heavy (non-hydrogen) atoms. The summed E-state index contributed by atoms with van der Waals surface area (Å²) < 4.78 is 5.59. The summed E-state index contributed by atoms with van der Waals surface area (Å²) in [6.07, 6.45) is 7.04. The standard InChI is InChI=1S/C23H23N5O3/c1-14(29)25-18-4-2-16(3-5-18)23(30)28-19-6-7-20(28)13-17(12-19)22-26-21(27-31-22)15-8-10-24-11-9-15/h2-5,8-11,17,19-20H,6-7,12-13H2,1H3,(H,25,29)/t17?,19-,20+. The van der Waals surface area contributed by atoms with E-state index < -0.39 is 0 Å². The number of rotatable bonds is 4. The number of aromatic nitrogens is 3. The smallest absolute Gasteiger partial charge is 0.254 e. The lowest BCUT2D eigenvalue weighted by Gasteiger charge is -2.38. The minimum absolute atomic E-state index is 0.0447. The molecule has 3 aromatic rings. The van der Waals surface area contributed by atoms with Gasteiger partial charge in [0.05, 0.1) is 0 Å². The molecule has 0 aliphatic carbocycles. The molecule has 0 radical (unpaired) electrons. The summed E-state index contributed by atoms with van der Waals surface area (Å²) in [5, 5.41) is 6.87. The second-order valence-corrected chi connectivity index (χ2v) is 8.22. The summed E-state index contributed by atoms with van der Waals surface area (Å²) in [4.78, 5) is 35.1. The zero-order valence-corrected chi connectivity index (χ0v) is 17.2. The highest BCUT2D eigenvalue weighted by Crippen LogP contribution is 2.43. The molecule has 2 amide bonds. The van der Waals surface area contributed by atoms with Gasteiger partial charge in [-0.3, -0.25) is 14.6 Å². The van der Waals surface area contributed by atoms with Crippen molar-refractivity contribution < 1.29 is 14.1 Å². The lowest BCUT2D eigenvalue weighted by molar-refractivity contribution is -0.114. The minimum Gasteiger partial charge on any atom is -0.339 e. The highest BCUT2D eigenvalue weighted by molar-refractivity contribution is 5.96. The van der Waals surface area contributed by atoms with Gasteiger partial charge in [-0.2, -0.15) is 4.98 Å². The van der Waals surface area contributed by atoms with E-state index in [9.17, 15) is 9.59 Å². The molecule has 158 valence electrons. The highest BCUT2D eigenvalue weighted by atomic mass is 16.5. The van der Waals surface area contributed by atoms with Crippen LogP contribution in [0.1, 0.15) is 54.8 Å². The summed E-state index contributed by atoms with van der Waals surface area (Å²) in [6.45, 7) is 1.46. The van der Waals surface area contributed by atoms with E-state index in [1.54, 1.807) is 36.7 Å². The van der Waals surface area contributed by atoms with Crippen LogP contribution >= 0.6 is 0 Å². The van der Waals surface area contributed by atoms with Gasteiger partial charge in [-0.1, -0.05) is 5.16 Å². The molecule has 5 rings (SSSR count). The molecule has 2 bridgehead atoms. The predicted molar refractivity (Wildman–Crippen MR) is 113 cm³/mol. The Kier molecular flexibility index (Phi) is 4.97. The van der Waals surface area contributed by atoms with E-state index >= 15 is 0 Å². The van der Waals surface area contributed by atoms with Crippen LogP contribution in [0.5, 0.6) is 0 Å². The third-order valence-electron chi connectivity index (χ3n) is 6.15. The van der Waals surface area contributed by atoms with Crippen molar-refractivity contribution in [1.82, 2.24) is 20.0 Å². The third-order valence-corrected chi connectivity index (χ3v) is 6.15. The number of pyridine rings is 1. The van der Waals surface area contributed by atoms with Crippen LogP contribution in [0.4, 0.5) is 5.69 Å². The maximum absolute atomic E-state index is 13.2. The van der Waals surface area contributed by atoms with Gasteiger partial charge in [-0.05, 0) is 62.1 Å². The zero-order valence-electron chi connectivity index (χ0n) is 17.2. The first kappa shape index (κ1) is 19.4. The molecule has 1 unspecified atom stereocenters. The van der Waals surface area contributed by atoms with Crippen molar-refractivity contribution in [3.63, 3.8) is 0 Å². The Labute approximate surface area is 179 Å². The number of carbonyl (C=O) groups excluding carboxylic acids is 2. The van der Waals surface area contributed by atoms with E-state index in [4.69, 9.17) is 4.52 Å². The van der Waals surface area contributed by atoms with Crippen LogP contribution in [0.25, 0.3) is 11.4 Å². The summed E-state index contributed by atoms with van der Waals surface area (Å²) in [5.41, 5.74) is 2.21. The van der Waals surface area contributed by atoms with E-state index in [-0.39, 0.29) is 29.8 Å².